The Bertz CT molecular complexity index is 370. The molecule has 0 spiro atoms. The molecule has 0 aliphatic heterocycles. The molecule has 1 fully saturated rings. The van der Waals surface area contributed by atoms with Crippen LogP contribution < -0.4 is 5.73 Å². The van der Waals surface area contributed by atoms with Gasteiger partial charge in [0.2, 0.25) is 0 Å². The molecule has 2 N–H and O–H groups in total. The lowest BCUT2D eigenvalue weighted by Crippen LogP contribution is -2.29. The largest absolute Gasteiger partial charge is 0.324 e. The summed E-state index contributed by atoms with van der Waals surface area (Å²) in [6.07, 6.45) is 6.35. The van der Waals surface area contributed by atoms with Crippen LogP contribution in [0, 0.1) is 23.6 Å². The fraction of sp³-hybridized carbons (Fsp3) is 0.643. The highest BCUT2D eigenvalue weighted by atomic mass is 19.1. The number of nitrogens with two attached hydrogens (primary N) is 1. The van der Waals surface area contributed by atoms with Crippen molar-refractivity contribution >= 4 is 0 Å². The van der Waals surface area contributed by atoms with Gasteiger partial charge in [0, 0.05) is 17.8 Å². The summed E-state index contributed by atoms with van der Waals surface area (Å²) in [5.41, 5.74) is 6.84. The summed E-state index contributed by atoms with van der Waals surface area (Å²) in [7, 11) is 0. The first-order chi connectivity index (χ1) is 8.08. The predicted molar refractivity (Wildman–Crippen MR) is 66.8 cm³/mol. The molecular formula is C14H21FN2. The molecule has 2 rings (SSSR count). The number of rotatable bonds is 2. The van der Waals surface area contributed by atoms with Crippen LogP contribution in [0.3, 0.4) is 0 Å². The molecule has 1 aliphatic carbocycles. The fourth-order valence-electron chi connectivity index (χ4n) is 3.21. The van der Waals surface area contributed by atoms with E-state index in [1.807, 2.05) is 0 Å². The maximum Gasteiger partial charge on any atom is 0.146 e. The van der Waals surface area contributed by atoms with E-state index >= 15 is 0 Å². The van der Waals surface area contributed by atoms with Gasteiger partial charge in [0.1, 0.15) is 5.82 Å². The molecular weight excluding hydrogens is 215 g/mol. The van der Waals surface area contributed by atoms with Crippen molar-refractivity contribution in [2.24, 2.45) is 23.5 Å². The van der Waals surface area contributed by atoms with E-state index in [0.717, 1.165) is 12.8 Å². The Balaban J connectivity index is 2.14. The van der Waals surface area contributed by atoms with Crippen molar-refractivity contribution in [1.29, 1.82) is 0 Å². The van der Waals surface area contributed by atoms with Crippen LogP contribution >= 0.6 is 0 Å². The summed E-state index contributed by atoms with van der Waals surface area (Å²) < 4.78 is 13.6. The lowest BCUT2D eigenvalue weighted by Gasteiger charge is -2.35. The van der Waals surface area contributed by atoms with Crippen molar-refractivity contribution in [2.75, 3.05) is 0 Å². The fourth-order valence-corrected chi connectivity index (χ4v) is 3.21. The summed E-state index contributed by atoms with van der Waals surface area (Å²) >= 11 is 0. The highest BCUT2D eigenvalue weighted by Crippen LogP contribution is 2.39. The number of pyridine rings is 1. The van der Waals surface area contributed by atoms with Gasteiger partial charge in [-0.05, 0) is 43.1 Å². The molecule has 3 heteroatoms. The molecule has 3 unspecified atom stereocenters. The SMILES string of the molecule is CC1CC(C)CC(C(N)c2ccncc2F)C1. The van der Waals surface area contributed by atoms with Gasteiger partial charge in [-0.15, -0.1) is 0 Å². The normalized spacial score (nSPS) is 31.2. The second kappa shape index (κ2) is 5.13. The highest BCUT2D eigenvalue weighted by molar-refractivity contribution is 5.18. The number of halogens is 1. The van der Waals surface area contributed by atoms with Gasteiger partial charge in [-0.25, -0.2) is 4.39 Å². The van der Waals surface area contributed by atoms with Gasteiger partial charge in [0.25, 0.3) is 0 Å². The average Bonchev–Trinajstić information content (AvgIpc) is 2.27. The van der Waals surface area contributed by atoms with E-state index < -0.39 is 0 Å². The summed E-state index contributed by atoms with van der Waals surface area (Å²) in [5, 5.41) is 0. The van der Waals surface area contributed by atoms with Crippen molar-refractivity contribution < 1.29 is 4.39 Å². The molecule has 1 heterocycles. The second-order valence-electron chi connectivity index (χ2n) is 5.60. The minimum absolute atomic E-state index is 0.191. The van der Waals surface area contributed by atoms with Gasteiger partial charge in [0.05, 0.1) is 6.20 Å². The van der Waals surface area contributed by atoms with Gasteiger partial charge in [-0.1, -0.05) is 13.8 Å². The Labute approximate surface area is 102 Å². The highest BCUT2D eigenvalue weighted by Gasteiger charge is 2.29. The Kier molecular flexibility index (Phi) is 3.77. The third-order valence-electron chi connectivity index (χ3n) is 3.89. The zero-order chi connectivity index (χ0) is 12.4. The number of hydrogen-bond donors (Lipinski definition) is 1. The first kappa shape index (κ1) is 12.5. The number of nitrogens with zero attached hydrogens (tertiary/aromatic N) is 1. The van der Waals surface area contributed by atoms with Crippen LogP contribution in [-0.4, -0.2) is 4.98 Å². The van der Waals surface area contributed by atoms with E-state index in [1.54, 1.807) is 12.3 Å². The Morgan fingerprint density at radius 2 is 1.94 bits per heavy atom. The lowest BCUT2D eigenvalue weighted by molar-refractivity contribution is 0.191. The lowest BCUT2D eigenvalue weighted by atomic mass is 9.73. The van der Waals surface area contributed by atoms with Crippen LogP contribution in [-0.2, 0) is 0 Å². The molecule has 94 valence electrons. The van der Waals surface area contributed by atoms with Crippen molar-refractivity contribution in [3.63, 3.8) is 0 Å². The first-order valence-corrected chi connectivity index (χ1v) is 6.43. The molecule has 17 heavy (non-hydrogen) atoms. The van der Waals surface area contributed by atoms with Gasteiger partial charge in [-0.3, -0.25) is 4.98 Å². The quantitative estimate of drug-likeness (QED) is 0.855. The molecule has 3 atom stereocenters. The molecule has 0 bridgehead atoms. The Hall–Kier alpha value is -0.960. The van der Waals surface area contributed by atoms with Gasteiger partial charge in [0.15, 0.2) is 0 Å². The molecule has 2 nitrogen and oxygen atoms in total. The molecule has 0 amide bonds. The third-order valence-corrected chi connectivity index (χ3v) is 3.89. The van der Waals surface area contributed by atoms with Crippen LogP contribution in [0.15, 0.2) is 18.5 Å². The predicted octanol–water partition coefficient (Wildman–Crippen LogP) is 3.29. The standard InChI is InChI=1S/C14H21FN2/c1-9-5-10(2)7-11(6-9)14(16)12-3-4-17-8-13(12)15/h3-4,8-11,14H,5-7,16H2,1-2H3. The molecule has 0 radical (unpaired) electrons. The van der Waals surface area contributed by atoms with Crippen LogP contribution in [0.25, 0.3) is 0 Å². The summed E-state index contributed by atoms with van der Waals surface area (Å²) in [5.74, 6) is 1.51. The average molecular weight is 236 g/mol. The van der Waals surface area contributed by atoms with Gasteiger partial charge < -0.3 is 5.73 Å². The minimum Gasteiger partial charge on any atom is -0.324 e. The van der Waals surface area contributed by atoms with Crippen molar-refractivity contribution in [2.45, 2.75) is 39.2 Å². The molecule has 1 aromatic rings. The summed E-state index contributed by atoms with van der Waals surface area (Å²) in [6.45, 7) is 4.52. The molecule has 1 saturated carbocycles. The van der Waals surface area contributed by atoms with Crippen LogP contribution in [0.1, 0.15) is 44.7 Å². The van der Waals surface area contributed by atoms with Gasteiger partial charge >= 0.3 is 0 Å². The summed E-state index contributed by atoms with van der Waals surface area (Å²) in [4.78, 5) is 3.77. The Morgan fingerprint density at radius 3 is 2.53 bits per heavy atom. The maximum atomic E-state index is 13.6. The molecule has 0 aromatic carbocycles. The minimum atomic E-state index is -0.272. The van der Waals surface area contributed by atoms with Crippen LogP contribution in [0.5, 0.6) is 0 Å². The first-order valence-electron chi connectivity index (χ1n) is 6.43. The van der Waals surface area contributed by atoms with E-state index in [0.29, 0.717) is 23.3 Å². The zero-order valence-corrected chi connectivity index (χ0v) is 10.6. The van der Waals surface area contributed by atoms with Crippen LogP contribution in [0.4, 0.5) is 4.39 Å². The van der Waals surface area contributed by atoms with Crippen LogP contribution in [0.2, 0.25) is 0 Å². The van der Waals surface area contributed by atoms with Gasteiger partial charge in [-0.2, -0.15) is 0 Å². The van der Waals surface area contributed by atoms with Crippen molar-refractivity contribution in [3.8, 4) is 0 Å². The van der Waals surface area contributed by atoms with E-state index in [4.69, 9.17) is 5.73 Å². The van der Waals surface area contributed by atoms with Crippen molar-refractivity contribution in [1.82, 2.24) is 4.98 Å². The molecule has 1 aromatic heterocycles. The van der Waals surface area contributed by atoms with E-state index in [9.17, 15) is 4.39 Å². The van der Waals surface area contributed by atoms with Crippen molar-refractivity contribution in [3.05, 3.63) is 29.8 Å². The third kappa shape index (κ3) is 2.83. The van der Waals surface area contributed by atoms with E-state index in [-0.39, 0.29) is 11.9 Å². The van der Waals surface area contributed by atoms with E-state index in [1.165, 1.54) is 12.6 Å². The Morgan fingerprint density at radius 1 is 1.29 bits per heavy atom. The molecule has 1 aliphatic rings. The molecule has 0 saturated heterocycles. The zero-order valence-electron chi connectivity index (χ0n) is 10.6. The maximum absolute atomic E-state index is 13.6. The number of aromatic nitrogens is 1. The monoisotopic (exact) mass is 236 g/mol. The second-order valence-corrected chi connectivity index (χ2v) is 5.60. The summed E-state index contributed by atoms with van der Waals surface area (Å²) in [6, 6.07) is 1.52. The van der Waals surface area contributed by atoms with E-state index in [2.05, 4.69) is 18.8 Å². The topological polar surface area (TPSA) is 38.9 Å². The smallest absolute Gasteiger partial charge is 0.146 e. The number of hydrogen-bond acceptors (Lipinski definition) is 2.